The molecule has 0 saturated carbocycles. The Morgan fingerprint density at radius 1 is 1.17 bits per heavy atom. The van der Waals surface area contributed by atoms with Crippen molar-refractivity contribution in [3.63, 3.8) is 0 Å². The number of nitrogens with two attached hydrogens (primary N) is 1. The van der Waals surface area contributed by atoms with Crippen molar-refractivity contribution >= 4 is 5.69 Å². The van der Waals surface area contributed by atoms with Gasteiger partial charge in [0.25, 0.3) is 0 Å². The Balaban J connectivity index is 2.19. The van der Waals surface area contributed by atoms with Gasteiger partial charge in [0.2, 0.25) is 0 Å². The molecule has 2 N–H and O–H groups in total. The van der Waals surface area contributed by atoms with E-state index in [1.54, 1.807) is 6.26 Å². The first-order valence-electron chi connectivity index (χ1n) is 6.15. The van der Waals surface area contributed by atoms with Crippen LogP contribution in [0.2, 0.25) is 0 Å². The molecule has 1 heterocycles. The quantitative estimate of drug-likeness (QED) is 0.899. The molecule has 0 fully saturated rings. The van der Waals surface area contributed by atoms with Crippen LogP contribution in [0.3, 0.4) is 0 Å². The van der Waals surface area contributed by atoms with E-state index in [4.69, 9.17) is 10.2 Å². The SMILES string of the molecule is Cc1cc(C)cc(N(C)Cc2occc2CN)c1. The number of anilines is 1. The van der Waals surface area contributed by atoms with Crippen molar-refractivity contribution in [3.05, 3.63) is 53.0 Å². The number of nitrogens with zero attached hydrogens (tertiary/aromatic N) is 1. The van der Waals surface area contributed by atoms with Gasteiger partial charge < -0.3 is 15.1 Å². The first kappa shape index (κ1) is 12.7. The molecule has 0 radical (unpaired) electrons. The molecule has 0 unspecified atom stereocenters. The zero-order valence-electron chi connectivity index (χ0n) is 11.2. The molecule has 1 aromatic carbocycles. The van der Waals surface area contributed by atoms with Gasteiger partial charge in [-0.15, -0.1) is 0 Å². The second-order valence-corrected chi connectivity index (χ2v) is 4.78. The molecule has 1 aromatic heterocycles. The van der Waals surface area contributed by atoms with Gasteiger partial charge in [-0.3, -0.25) is 0 Å². The number of hydrogen-bond acceptors (Lipinski definition) is 3. The highest BCUT2D eigenvalue weighted by Crippen LogP contribution is 2.21. The molecule has 0 saturated heterocycles. The van der Waals surface area contributed by atoms with Crippen LogP contribution in [-0.4, -0.2) is 7.05 Å². The van der Waals surface area contributed by atoms with Crippen LogP contribution in [-0.2, 0) is 13.1 Å². The summed E-state index contributed by atoms with van der Waals surface area (Å²) < 4.78 is 5.49. The van der Waals surface area contributed by atoms with Crippen molar-refractivity contribution in [3.8, 4) is 0 Å². The van der Waals surface area contributed by atoms with Crippen molar-refractivity contribution in [2.45, 2.75) is 26.9 Å². The second kappa shape index (κ2) is 5.27. The molecule has 2 rings (SSSR count). The number of rotatable bonds is 4. The molecule has 0 aliphatic rings. The summed E-state index contributed by atoms with van der Waals surface area (Å²) in [6, 6.07) is 8.47. The maximum absolute atomic E-state index is 5.68. The van der Waals surface area contributed by atoms with Crippen molar-refractivity contribution in [1.82, 2.24) is 0 Å². The molecule has 0 aliphatic carbocycles. The van der Waals surface area contributed by atoms with E-state index < -0.39 is 0 Å². The van der Waals surface area contributed by atoms with Gasteiger partial charge in [0, 0.05) is 24.8 Å². The maximum atomic E-state index is 5.68. The summed E-state index contributed by atoms with van der Waals surface area (Å²) >= 11 is 0. The highest BCUT2D eigenvalue weighted by atomic mass is 16.3. The van der Waals surface area contributed by atoms with Gasteiger partial charge in [-0.2, -0.15) is 0 Å². The molecule has 3 nitrogen and oxygen atoms in total. The third-order valence-electron chi connectivity index (χ3n) is 3.09. The van der Waals surface area contributed by atoms with Gasteiger partial charge >= 0.3 is 0 Å². The summed E-state index contributed by atoms with van der Waals surface area (Å²) in [6.45, 7) is 5.49. The third kappa shape index (κ3) is 2.74. The number of aryl methyl sites for hydroxylation is 2. The van der Waals surface area contributed by atoms with Crippen LogP contribution in [0.4, 0.5) is 5.69 Å². The van der Waals surface area contributed by atoms with E-state index in [2.05, 4.69) is 44.0 Å². The number of furan rings is 1. The maximum Gasteiger partial charge on any atom is 0.127 e. The van der Waals surface area contributed by atoms with Gasteiger partial charge in [0.05, 0.1) is 12.8 Å². The van der Waals surface area contributed by atoms with Gasteiger partial charge in [-0.25, -0.2) is 0 Å². The van der Waals surface area contributed by atoms with Crippen LogP contribution in [0.1, 0.15) is 22.5 Å². The first-order chi connectivity index (χ1) is 8.60. The standard InChI is InChI=1S/C15H20N2O/c1-11-6-12(2)8-14(7-11)17(3)10-15-13(9-16)4-5-18-15/h4-8H,9-10,16H2,1-3H3. The van der Waals surface area contributed by atoms with E-state index in [1.165, 1.54) is 16.8 Å². The predicted octanol–water partition coefficient (Wildman–Crippen LogP) is 2.99. The Labute approximate surface area is 108 Å². The minimum atomic E-state index is 0.520. The largest absolute Gasteiger partial charge is 0.467 e. The van der Waals surface area contributed by atoms with Crippen molar-refractivity contribution < 1.29 is 4.42 Å². The van der Waals surface area contributed by atoms with E-state index in [-0.39, 0.29) is 0 Å². The Morgan fingerprint density at radius 3 is 2.44 bits per heavy atom. The smallest absolute Gasteiger partial charge is 0.127 e. The highest BCUT2D eigenvalue weighted by Gasteiger charge is 2.09. The monoisotopic (exact) mass is 244 g/mol. The molecular formula is C15H20N2O. The van der Waals surface area contributed by atoms with Crippen LogP contribution in [0.15, 0.2) is 34.9 Å². The average molecular weight is 244 g/mol. The molecule has 0 spiro atoms. The minimum Gasteiger partial charge on any atom is -0.467 e. The molecule has 0 atom stereocenters. The normalized spacial score (nSPS) is 10.7. The van der Waals surface area contributed by atoms with Crippen LogP contribution < -0.4 is 10.6 Å². The van der Waals surface area contributed by atoms with Crippen LogP contribution >= 0.6 is 0 Å². The molecule has 96 valence electrons. The molecule has 2 aromatic rings. The zero-order valence-corrected chi connectivity index (χ0v) is 11.2. The summed E-state index contributed by atoms with van der Waals surface area (Å²) in [6.07, 6.45) is 1.70. The van der Waals surface area contributed by atoms with Crippen molar-refractivity contribution in [1.29, 1.82) is 0 Å². The number of benzene rings is 1. The van der Waals surface area contributed by atoms with Crippen LogP contribution in [0.5, 0.6) is 0 Å². The predicted molar refractivity (Wildman–Crippen MR) is 74.6 cm³/mol. The van der Waals surface area contributed by atoms with Gasteiger partial charge in [-0.05, 0) is 43.2 Å². The molecule has 3 heteroatoms. The van der Waals surface area contributed by atoms with Gasteiger partial charge in [-0.1, -0.05) is 6.07 Å². The summed E-state index contributed by atoms with van der Waals surface area (Å²) in [7, 11) is 2.07. The minimum absolute atomic E-state index is 0.520. The molecule has 0 amide bonds. The van der Waals surface area contributed by atoms with Crippen molar-refractivity contribution in [2.24, 2.45) is 5.73 Å². The van der Waals surface area contributed by atoms with Gasteiger partial charge in [0.1, 0.15) is 5.76 Å². The molecule has 0 aliphatic heterocycles. The van der Waals surface area contributed by atoms with E-state index in [0.29, 0.717) is 6.54 Å². The van der Waals surface area contributed by atoms with E-state index in [9.17, 15) is 0 Å². The molecular weight excluding hydrogens is 224 g/mol. The highest BCUT2D eigenvalue weighted by molar-refractivity contribution is 5.50. The van der Waals surface area contributed by atoms with Crippen LogP contribution in [0, 0.1) is 13.8 Å². The van der Waals surface area contributed by atoms with Crippen LogP contribution in [0.25, 0.3) is 0 Å². The van der Waals surface area contributed by atoms with E-state index in [1.807, 2.05) is 6.07 Å². The summed E-state index contributed by atoms with van der Waals surface area (Å²) in [5.41, 5.74) is 10.5. The zero-order chi connectivity index (χ0) is 13.1. The molecule has 0 bridgehead atoms. The summed E-state index contributed by atoms with van der Waals surface area (Å²) in [4.78, 5) is 2.18. The van der Waals surface area contributed by atoms with E-state index >= 15 is 0 Å². The average Bonchev–Trinajstić information content (AvgIpc) is 2.75. The lowest BCUT2D eigenvalue weighted by molar-refractivity contribution is 0.503. The summed E-state index contributed by atoms with van der Waals surface area (Å²) in [5.74, 6) is 0.944. The Kier molecular flexibility index (Phi) is 3.72. The lowest BCUT2D eigenvalue weighted by Crippen LogP contribution is -2.17. The fourth-order valence-electron chi connectivity index (χ4n) is 2.17. The topological polar surface area (TPSA) is 42.4 Å². The lowest BCUT2D eigenvalue weighted by atomic mass is 10.1. The first-order valence-corrected chi connectivity index (χ1v) is 6.15. The molecule has 18 heavy (non-hydrogen) atoms. The number of hydrogen-bond donors (Lipinski definition) is 1. The van der Waals surface area contributed by atoms with Gasteiger partial charge in [0.15, 0.2) is 0 Å². The second-order valence-electron chi connectivity index (χ2n) is 4.78. The third-order valence-corrected chi connectivity index (χ3v) is 3.09. The summed E-state index contributed by atoms with van der Waals surface area (Å²) in [5, 5.41) is 0. The Morgan fingerprint density at radius 2 is 1.83 bits per heavy atom. The fraction of sp³-hybridized carbons (Fsp3) is 0.333. The van der Waals surface area contributed by atoms with Crippen molar-refractivity contribution in [2.75, 3.05) is 11.9 Å². The van der Waals surface area contributed by atoms with E-state index in [0.717, 1.165) is 17.9 Å². The Hall–Kier alpha value is -1.74. The fourth-order valence-corrected chi connectivity index (χ4v) is 2.17. The Bertz CT molecular complexity index is 511. The lowest BCUT2D eigenvalue weighted by Gasteiger charge is -2.19.